The molecule has 1 heterocycles. The molecule has 25 heavy (non-hydrogen) atoms. The summed E-state index contributed by atoms with van der Waals surface area (Å²) >= 11 is 0. The van der Waals surface area contributed by atoms with Gasteiger partial charge in [-0.2, -0.15) is 0 Å². The Labute approximate surface area is 168 Å². The summed E-state index contributed by atoms with van der Waals surface area (Å²) in [5.41, 5.74) is 1.06. The Morgan fingerprint density at radius 3 is 2.84 bits per heavy atom. The second-order valence-corrected chi connectivity index (χ2v) is 5.90. The van der Waals surface area contributed by atoms with E-state index in [2.05, 4.69) is 20.6 Å². The van der Waals surface area contributed by atoms with Crippen molar-refractivity contribution in [3.8, 4) is 5.88 Å². The standard InChI is InChI=1S/C18H30N4O2.HI/c1-3-23-13-7-12-21-18(19-2)22-14-15-8-6-11-20-17(15)24-16-9-4-5-10-16;/h6,8,11,16H,3-5,7,9-10,12-14H2,1-2H3,(H2,19,21,22);1H. The molecule has 1 fully saturated rings. The maximum Gasteiger partial charge on any atom is 0.218 e. The third-order valence-electron chi connectivity index (χ3n) is 4.06. The van der Waals surface area contributed by atoms with Gasteiger partial charge in [-0.25, -0.2) is 4.98 Å². The van der Waals surface area contributed by atoms with Crippen LogP contribution in [0.5, 0.6) is 5.88 Å². The minimum atomic E-state index is 0. The van der Waals surface area contributed by atoms with Crippen molar-refractivity contribution in [2.45, 2.75) is 51.7 Å². The maximum atomic E-state index is 6.07. The molecule has 0 aromatic carbocycles. The molecule has 1 aliphatic carbocycles. The first-order valence-electron chi connectivity index (χ1n) is 8.96. The molecule has 2 rings (SSSR count). The van der Waals surface area contributed by atoms with Crippen molar-refractivity contribution in [3.05, 3.63) is 23.9 Å². The quantitative estimate of drug-likeness (QED) is 0.256. The largest absolute Gasteiger partial charge is 0.474 e. The summed E-state index contributed by atoms with van der Waals surface area (Å²) in [6.07, 6.45) is 7.83. The highest BCUT2D eigenvalue weighted by Gasteiger charge is 2.18. The van der Waals surface area contributed by atoms with Gasteiger partial charge in [0.25, 0.3) is 0 Å². The van der Waals surface area contributed by atoms with Crippen molar-refractivity contribution in [1.82, 2.24) is 15.6 Å². The van der Waals surface area contributed by atoms with E-state index in [0.717, 1.165) is 56.4 Å². The van der Waals surface area contributed by atoms with E-state index in [1.165, 1.54) is 12.8 Å². The van der Waals surface area contributed by atoms with Gasteiger partial charge in [-0.1, -0.05) is 6.07 Å². The van der Waals surface area contributed by atoms with Crippen LogP contribution in [0.4, 0.5) is 0 Å². The fraction of sp³-hybridized carbons (Fsp3) is 0.667. The molecule has 1 aromatic heterocycles. The minimum Gasteiger partial charge on any atom is -0.474 e. The molecular formula is C18H31IN4O2. The number of nitrogens with zero attached hydrogens (tertiary/aromatic N) is 2. The van der Waals surface area contributed by atoms with Crippen molar-refractivity contribution < 1.29 is 9.47 Å². The number of hydrogen-bond acceptors (Lipinski definition) is 4. The van der Waals surface area contributed by atoms with E-state index in [9.17, 15) is 0 Å². The molecule has 1 aliphatic rings. The normalized spacial score (nSPS) is 14.9. The smallest absolute Gasteiger partial charge is 0.218 e. The molecule has 1 saturated carbocycles. The summed E-state index contributed by atoms with van der Waals surface area (Å²) in [5.74, 6) is 1.52. The molecule has 0 saturated heterocycles. The van der Waals surface area contributed by atoms with Crippen LogP contribution >= 0.6 is 24.0 Å². The van der Waals surface area contributed by atoms with Gasteiger partial charge in [-0.15, -0.1) is 24.0 Å². The van der Waals surface area contributed by atoms with Crippen molar-refractivity contribution in [1.29, 1.82) is 0 Å². The minimum absolute atomic E-state index is 0. The average Bonchev–Trinajstić information content (AvgIpc) is 3.11. The summed E-state index contributed by atoms with van der Waals surface area (Å²) in [4.78, 5) is 8.65. The molecule has 0 atom stereocenters. The first-order valence-corrected chi connectivity index (χ1v) is 8.96. The number of aliphatic imine (C=N–C) groups is 1. The van der Waals surface area contributed by atoms with E-state index in [4.69, 9.17) is 9.47 Å². The van der Waals surface area contributed by atoms with Crippen LogP contribution < -0.4 is 15.4 Å². The van der Waals surface area contributed by atoms with Crippen LogP contribution in [0.3, 0.4) is 0 Å². The highest BCUT2D eigenvalue weighted by atomic mass is 127. The van der Waals surface area contributed by atoms with E-state index < -0.39 is 0 Å². The van der Waals surface area contributed by atoms with Crippen molar-refractivity contribution in [3.63, 3.8) is 0 Å². The number of halogens is 1. The molecule has 0 spiro atoms. The van der Waals surface area contributed by atoms with E-state index >= 15 is 0 Å². The zero-order chi connectivity index (χ0) is 17.0. The fourth-order valence-corrected chi connectivity index (χ4v) is 2.75. The molecule has 0 aliphatic heterocycles. The van der Waals surface area contributed by atoms with Gasteiger partial charge in [0.2, 0.25) is 5.88 Å². The van der Waals surface area contributed by atoms with Crippen LogP contribution in [-0.2, 0) is 11.3 Å². The Morgan fingerprint density at radius 2 is 2.12 bits per heavy atom. The number of rotatable bonds is 9. The Hall–Kier alpha value is -1.09. The zero-order valence-electron chi connectivity index (χ0n) is 15.3. The predicted molar refractivity (Wildman–Crippen MR) is 112 cm³/mol. The summed E-state index contributed by atoms with van der Waals surface area (Å²) in [7, 11) is 1.77. The van der Waals surface area contributed by atoms with Crippen LogP contribution in [0.1, 0.15) is 44.6 Å². The molecule has 1 aromatic rings. The van der Waals surface area contributed by atoms with Crippen molar-refractivity contribution in [2.24, 2.45) is 4.99 Å². The number of nitrogens with one attached hydrogen (secondary N) is 2. The Morgan fingerprint density at radius 1 is 1.32 bits per heavy atom. The Bertz CT molecular complexity index is 508. The fourth-order valence-electron chi connectivity index (χ4n) is 2.75. The SMILES string of the molecule is CCOCCCNC(=NC)NCc1cccnc1OC1CCCC1.I. The molecule has 0 unspecified atom stereocenters. The molecule has 0 amide bonds. The monoisotopic (exact) mass is 462 g/mol. The lowest BCUT2D eigenvalue weighted by atomic mass is 10.2. The van der Waals surface area contributed by atoms with Gasteiger partial charge in [-0.3, -0.25) is 4.99 Å². The molecule has 6 nitrogen and oxygen atoms in total. The average molecular weight is 462 g/mol. The number of ether oxygens (including phenoxy) is 2. The van der Waals surface area contributed by atoms with Crippen LogP contribution in [0.25, 0.3) is 0 Å². The van der Waals surface area contributed by atoms with Crippen molar-refractivity contribution >= 4 is 29.9 Å². The lowest BCUT2D eigenvalue weighted by Gasteiger charge is -2.16. The second-order valence-electron chi connectivity index (χ2n) is 5.90. The molecule has 0 radical (unpaired) electrons. The molecule has 0 bridgehead atoms. The third-order valence-corrected chi connectivity index (χ3v) is 4.06. The summed E-state index contributed by atoms with van der Waals surface area (Å²) < 4.78 is 11.4. The van der Waals surface area contributed by atoms with Gasteiger partial charge in [0, 0.05) is 45.1 Å². The summed E-state index contributed by atoms with van der Waals surface area (Å²) in [5, 5.41) is 6.61. The summed E-state index contributed by atoms with van der Waals surface area (Å²) in [6, 6.07) is 3.99. The van der Waals surface area contributed by atoms with E-state index in [0.29, 0.717) is 12.6 Å². The van der Waals surface area contributed by atoms with Gasteiger partial charge in [0.15, 0.2) is 5.96 Å². The predicted octanol–water partition coefficient (Wildman–Crippen LogP) is 3.11. The van der Waals surface area contributed by atoms with Gasteiger partial charge in [-0.05, 0) is 45.1 Å². The first-order chi connectivity index (χ1) is 11.8. The second kappa shape index (κ2) is 13.2. The van der Waals surface area contributed by atoms with Gasteiger partial charge < -0.3 is 20.1 Å². The highest BCUT2D eigenvalue weighted by molar-refractivity contribution is 14.0. The van der Waals surface area contributed by atoms with Crippen LogP contribution in [0, 0.1) is 0 Å². The van der Waals surface area contributed by atoms with E-state index in [1.807, 2.05) is 19.1 Å². The third kappa shape index (κ3) is 8.22. The Balaban J connectivity index is 0.00000312. The molecule has 142 valence electrons. The lowest BCUT2D eigenvalue weighted by molar-refractivity contribution is 0.145. The van der Waals surface area contributed by atoms with Gasteiger partial charge >= 0.3 is 0 Å². The van der Waals surface area contributed by atoms with E-state index in [-0.39, 0.29) is 24.0 Å². The number of aromatic nitrogens is 1. The summed E-state index contributed by atoms with van der Waals surface area (Å²) in [6.45, 7) is 5.01. The highest BCUT2D eigenvalue weighted by Crippen LogP contribution is 2.24. The topological polar surface area (TPSA) is 67.8 Å². The molecule has 7 heteroatoms. The van der Waals surface area contributed by atoms with Crippen LogP contribution in [0.15, 0.2) is 23.3 Å². The van der Waals surface area contributed by atoms with Crippen LogP contribution in [-0.4, -0.2) is 43.9 Å². The Kier molecular flexibility index (Phi) is 11.6. The number of hydrogen-bond donors (Lipinski definition) is 2. The maximum absolute atomic E-state index is 6.07. The molecule has 2 N–H and O–H groups in total. The van der Waals surface area contributed by atoms with E-state index in [1.54, 1.807) is 13.2 Å². The van der Waals surface area contributed by atoms with Gasteiger partial charge in [0.05, 0.1) is 0 Å². The zero-order valence-corrected chi connectivity index (χ0v) is 17.6. The lowest BCUT2D eigenvalue weighted by Crippen LogP contribution is -2.37. The van der Waals surface area contributed by atoms with Crippen molar-refractivity contribution in [2.75, 3.05) is 26.8 Å². The first kappa shape index (κ1) is 22.0. The molecular weight excluding hydrogens is 431 g/mol. The number of pyridine rings is 1. The van der Waals surface area contributed by atoms with Gasteiger partial charge in [0.1, 0.15) is 6.10 Å². The van der Waals surface area contributed by atoms with Crippen LogP contribution in [0.2, 0.25) is 0 Å². The number of guanidine groups is 1.